The Labute approximate surface area is 124 Å². The smallest absolute Gasteiger partial charge is 0.0346 e. The van der Waals surface area contributed by atoms with Crippen LogP contribution >= 0.6 is 23.4 Å². The Kier molecular flexibility index (Phi) is 7.79. The summed E-state index contributed by atoms with van der Waals surface area (Å²) in [6.45, 7) is 11.8. The molecule has 0 radical (unpaired) electrons. The van der Waals surface area contributed by atoms with E-state index in [1.165, 1.54) is 31.4 Å². The van der Waals surface area contributed by atoms with Crippen molar-refractivity contribution in [2.24, 2.45) is 10.8 Å². The Morgan fingerprint density at radius 1 is 1.11 bits per heavy atom. The van der Waals surface area contributed by atoms with Crippen molar-refractivity contribution in [3.63, 3.8) is 0 Å². The van der Waals surface area contributed by atoms with Crippen molar-refractivity contribution in [1.82, 2.24) is 0 Å². The number of alkyl halides is 1. The van der Waals surface area contributed by atoms with Crippen LogP contribution in [0.4, 0.5) is 0 Å². The molecule has 1 saturated carbocycles. The fourth-order valence-electron chi connectivity index (χ4n) is 1.78. The zero-order valence-electron chi connectivity index (χ0n) is 12.6. The first-order chi connectivity index (χ1) is 8.22. The third-order valence-corrected chi connectivity index (χ3v) is 6.46. The van der Waals surface area contributed by atoms with Gasteiger partial charge < -0.3 is 0 Å². The molecule has 1 aliphatic carbocycles. The van der Waals surface area contributed by atoms with Crippen LogP contribution in [0.1, 0.15) is 60.3 Å². The fraction of sp³-hybridized carbons (Fsp3) is 0.875. The minimum absolute atomic E-state index is 0.384. The zero-order valence-corrected chi connectivity index (χ0v) is 14.2. The van der Waals surface area contributed by atoms with E-state index >= 15 is 0 Å². The van der Waals surface area contributed by atoms with E-state index in [0.29, 0.717) is 16.2 Å². The van der Waals surface area contributed by atoms with Gasteiger partial charge in [0.15, 0.2) is 0 Å². The van der Waals surface area contributed by atoms with Gasteiger partial charge >= 0.3 is 0 Å². The number of thioether (sulfide) groups is 1. The lowest BCUT2D eigenvalue weighted by molar-refractivity contribution is 0.162. The summed E-state index contributed by atoms with van der Waals surface area (Å²) < 4.78 is 0. The van der Waals surface area contributed by atoms with Gasteiger partial charge in [-0.05, 0) is 35.8 Å². The van der Waals surface area contributed by atoms with Crippen LogP contribution in [0.25, 0.3) is 0 Å². The molecule has 0 saturated heterocycles. The largest absolute Gasteiger partial charge is 0.158 e. The van der Waals surface area contributed by atoms with E-state index in [0.717, 1.165) is 5.25 Å². The van der Waals surface area contributed by atoms with Crippen molar-refractivity contribution in [2.75, 3.05) is 5.75 Å². The van der Waals surface area contributed by atoms with Crippen molar-refractivity contribution in [1.29, 1.82) is 0 Å². The Morgan fingerprint density at radius 2 is 1.67 bits per heavy atom. The van der Waals surface area contributed by atoms with Gasteiger partial charge in [-0.25, -0.2) is 0 Å². The first-order valence-corrected chi connectivity index (χ1v) is 8.30. The lowest BCUT2D eigenvalue weighted by Crippen LogP contribution is -2.33. The summed E-state index contributed by atoms with van der Waals surface area (Å²) in [5, 5.41) is 1.24. The molecule has 0 aromatic carbocycles. The molecule has 0 spiro atoms. The summed E-state index contributed by atoms with van der Waals surface area (Å²) >= 11 is 8.39. The number of terminal acetylenes is 1. The monoisotopic (exact) mass is 288 g/mol. The summed E-state index contributed by atoms with van der Waals surface area (Å²) in [6.07, 6.45) is 13.1. The van der Waals surface area contributed by atoms with E-state index in [9.17, 15) is 0 Å². The molecule has 0 N–H and O–H groups in total. The van der Waals surface area contributed by atoms with E-state index in [1.54, 1.807) is 0 Å². The van der Waals surface area contributed by atoms with Crippen molar-refractivity contribution < 1.29 is 0 Å². The molecule has 0 amide bonds. The molecule has 18 heavy (non-hydrogen) atoms. The average Bonchev–Trinajstić information content (AvgIpc) is 2.28. The Balaban J connectivity index is 0.00000137. The molecule has 2 unspecified atom stereocenters. The van der Waals surface area contributed by atoms with Crippen molar-refractivity contribution >= 4 is 23.4 Å². The molecule has 1 fully saturated rings. The molecule has 0 bridgehead atoms. The highest BCUT2D eigenvalue weighted by Gasteiger charge is 2.33. The first-order valence-electron chi connectivity index (χ1n) is 6.81. The molecule has 106 valence electrons. The number of rotatable bonds is 3. The minimum Gasteiger partial charge on any atom is -0.158 e. The van der Waals surface area contributed by atoms with Crippen LogP contribution in [-0.4, -0.2) is 16.4 Å². The normalized spacial score (nSPS) is 25.1. The second kappa shape index (κ2) is 7.71. The van der Waals surface area contributed by atoms with Crippen LogP contribution in [0.5, 0.6) is 0 Å². The lowest BCUT2D eigenvalue weighted by Gasteiger charge is -2.40. The molecule has 0 nitrogen and oxygen atoms in total. The quantitative estimate of drug-likeness (QED) is 0.482. The van der Waals surface area contributed by atoms with Gasteiger partial charge in [0.25, 0.3) is 0 Å². The van der Waals surface area contributed by atoms with Crippen LogP contribution in [-0.2, 0) is 0 Å². The summed E-state index contributed by atoms with van der Waals surface area (Å²) in [5.74, 6) is 1.25. The van der Waals surface area contributed by atoms with Gasteiger partial charge in [0.2, 0.25) is 0 Å². The molecule has 0 heterocycles. The molecule has 1 aliphatic rings. The first kappa shape index (κ1) is 18.2. The predicted molar refractivity (Wildman–Crippen MR) is 87.5 cm³/mol. The second-order valence-electron chi connectivity index (χ2n) is 6.83. The fourth-order valence-corrected chi connectivity index (χ4v) is 4.04. The number of hydrogen-bond donors (Lipinski definition) is 0. The maximum Gasteiger partial charge on any atom is 0.0346 e. The number of hydrogen-bond acceptors (Lipinski definition) is 1. The maximum absolute atomic E-state index is 6.24. The Morgan fingerprint density at radius 3 is 2.11 bits per heavy atom. The van der Waals surface area contributed by atoms with E-state index in [2.05, 4.69) is 59.2 Å². The minimum atomic E-state index is 0.384. The van der Waals surface area contributed by atoms with E-state index in [-0.39, 0.29) is 0 Å². The highest BCUT2D eigenvalue weighted by molar-refractivity contribution is 7.99. The second-order valence-corrected chi connectivity index (χ2v) is 8.74. The Bertz CT molecular complexity index is 250. The van der Waals surface area contributed by atoms with Gasteiger partial charge in [0, 0.05) is 10.6 Å². The molecular formula is C16H29ClS. The topological polar surface area (TPSA) is 0 Å². The van der Waals surface area contributed by atoms with Crippen molar-refractivity contribution in [2.45, 2.75) is 70.9 Å². The standard InChI is InChI=1S/C14H27ClS.C2H2/c1-13(2,3)14(4,5)10-16-12-8-6-7-11(15)9-12;1-2/h11-12H,6-10H2,1-5H3;1-2H. The molecule has 0 aliphatic heterocycles. The summed E-state index contributed by atoms with van der Waals surface area (Å²) in [4.78, 5) is 0. The Hall–Kier alpha value is 0.200. The summed E-state index contributed by atoms with van der Waals surface area (Å²) in [7, 11) is 0. The highest BCUT2D eigenvalue weighted by Crippen LogP contribution is 2.43. The van der Waals surface area contributed by atoms with Gasteiger partial charge in [-0.15, -0.1) is 24.4 Å². The number of halogens is 1. The van der Waals surface area contributed by atoms with Gasteiger partial charge in [-0.3, -0.25) is 0 Å². The molecule has 2 heteroatoms. The van der Waals surface area contributed by atoms with Gasteiger partial charge in [0.1, 0.15) is 0 Å². The van der Waals surface area contributed by atoms with Crippen LogP contribution in [0.15, 0.2) is 0 Å². The van der Waals surface area contributed by atoms with Crippen LogP contribution in [0.3, 0.4) is 0 Å². The lowest BCUT2D eigenvalue weighted by atomic mass is 9.71. The van der Waals surface area contributed by atoms with Crippen molar-refractivity contribution in [3.8, 4) is 12.8 Å². The van der Waals surface area contributed by atoms with E-state index < -0.39 is 0 Å². The van der Waals surface area contributed by atoms with Gasteiger partial charge in [-0.2, -0.15) is 11.8 Å². The van der Waals surface area contributed by atoms with Gasteiger partial charge in [-0.1, -0.05) is 41.0 Å². The molecule has 0 aromatic rings. The zero-order chi connectivity index (χ0) is 14.4. The van der Waals surface area contributed by atoms with Gasteiger partial charge in [0.05, 0.1) is 0 Å². The van der Waals surface area contributed by atoms with Crippen LogP contribution in [0, 0.1) is 23.7 Å². The molecule has 1 rings (SSSR count). The van der Waals surface area contributed by atoms with Crippen LogP contribution < -0.4 is 0 Å². The SMILES string of the molecule is C#C.CC(C)(C)C(C)(C)CSC1CCCC(Cl)C1. The van der Waals surface area contributed by atoms with E-state index in [1.807, 2.05) is 0 Å². The maximum atomic E-state index is 6.24. The summed E-state index contributed by atoms with van der Waals surface area (Å²) in [5.41, 5.74) is 0.784. The molecular weight excluding hydrogens is 260 g/mol. The molecule has 0 aromatic heterocycles. The third-order valence-electron chi connectivity index (χ3n) is 4.27. The van der Waals surface area contributed by atoms with Crippen LogP contribution in [0.2, 0.25) is 0 Å². The summed E-state index contributed by atoms with van der Waals surface area (Å²) in [6, 6.07) is 0. The molecule has 2 atom stereocenters. The predicted octanol–water partition coefficient (Wildman–Crippen LogP) is 5.59. The highest BCUT2D eigenvalue weighted by atomic mass is 35.5. The van der Waals surface area contributed by atoms with Crippen molar-refractivity contribution in [3.05, 3.63) is 0 Å². The average molecular weight is 289 g/mol. The van der Waals surface area contributed by atoms with E-state index in [4.69, 9.17) is 11.6 Å². The third kappa shape index (κ3) is 5.89.